The van der Waals surface area contributed by atoms with Gasteiger partial charge in [0, 0.05) is 30.7 Å². The van der Waals surface area contributed by atoms with Gasteiger partial charge in [0.25, 0.3) is 0 Å². The number of hydrogen-bond donors (Lipinski definition) is 0. The van der Waals surface area contributed by atoms with E-state index in [1.165, 1.54) is 16.7 Å². The Morgan fingerprint density at radius 3 is 2.67 bits per heavy atom. The van der Waals surface area contributed by atoms with Crippen LogP contribution >= 0.6 is 0 Å². The minimum atomic E-state index is -0.678. The zero-order chi connectivity index (χ0) is 30.0. The van der Waals surface area contributed by atoms with Crippen molar-refractivity contribution in [3.63, 3.8) is 0 Å². The highest BCUT2D eigenvalue weighted by Gasteiger charge is 2.30. The number of piperidine rings is 1. The van der Waals surface area contributed by atoms with E-state index in [0.29, 0.717) is 53.2 Å². The van der Waals surface area contributed by atoms with Gasteiger partial charge in [-0.05, 0) is 80.7 Å². The molecule has 0 unspecified atom stereocenters. The van der Waals surface area contributed by atoms with E-state index in [9.17, 15) is 4.79 Å². The predicted molar refractivity (Wildman–Crippen MR) is 164 cm³/mol. The van der Waals surface area contributed by atoms with Crippen LogP contribution in [0.4, 0.5) is 14.6 Å². The summed E-state index contributed by atoms with van der Waals surface area (Å²) in [6.45, 7) is 9.56. The lowest BCUT2D eigenvalue weighted by atomic mass is 9.95. The number of benzene rings is 1. The highest BCUT2D eigenvalue weighted by atomic mass is 19.1. The molecule has 2 aliphatic heterocycles. The number of rotatable bonds is 2. The number of aryl methyl sites for hydroxylation is 2. The van der Waals surface area contributed by atoms with Crippen LogP contribution in [0.25, 0.3) is 38.9 Å². The topological polar surface area (TPSA) is 81.7 Å². The zero-order valence-electron chi connectivity index (χ0n) is 24.9. The van der Waals surface area contributed by atoms with Gasteiger partial charge in [0.1, 0.15) is 17.3 Å². The Labute approximate surface area is 248 Å². The molecule has 6 heterocycles. The molecule has 0 saturated carbocycles. The number of hydrogen-bond acceptors (Lipinski definition) is 6. The Balaban J connectivity index is 1.64. The average molecular weight is 584 g/mol. The summed E-state index contributed by atoms with van der Waals surface area (Å²) in [5, 5.41) is 5.65. The van der Waals surface area contributed by atoms with Crippen LogP contribution in [0.2, 0.25) is 0 Å². The van der Waals surface area contributed by atoms with Crippen molar-refractivity contribution < 1.29 is 8.78 Å². The van der Waals surface area contributed by atoms with E-state index in [2.05, 4.69) is 28.8 Å². The van der Waals surface area contributed by atoms with Gasteiger partial charge in [0.2, 0.25) is 0 Å². The number of pyridine rings is 2. The van der Waals surface area contributed by atoms with Crippen molar-refractivity contribution in [2.75, 3.05) is 11.4 Å². The molecule has 0 spiro atoms. The summed E-state index contributed by atoms with van der Waals surface area (Å²) >= 11 is 0. The number of aromatic nitrogens is 6. The van der Waals surface area contributed by atoms with E-state index < -0.39 is 17.3 Å². The highest BCUT2D eigenvalue weighted by Crippen LogP contribution is 2.38. The van der Waals surface area contributed by atoms with Crippen LogP contribution < -0.4 is 10.6 Å². The number of nitrogens with zero attached hydrogens (tertiary/aromatic N) is 7. The first-order valence-corrected chi connectivity index (χ1v) is 15.3. The standard InChI is InChI=1S/C33H35F2N7O/c1-18(2)27-30-21(12-13-36-27)7-5-6-14-41-29-22(16-37-41)10-11-24(34)26(29)28-25(35)15-23-31(39-33(43)42(30)32(23)38-28)40-17-19(3)8-9-20(40)4/h10-13,15-16,18-20H,5-9,14,17H2,1-4H3/t19-,20-/m0/s1. The maximum absolute atomic E-state index is 16.4. The number of anilines is 1. The Hall–Kier alpha value is -4.21. The third-order valence-electron chi connectivity index (χ3n) is 9.05. The summed E-state index contributed by atoms with van der Waals surface area (Å²) in [5.74, 6) is -0.479. The average Bonchev–Trinajstić information content (AvgIpc) is 3.39. The van der Waals surface area contributed by atoms with Gasteiger partial charge in [-0.2, -0.15) is 10.1 Å². The Kier molecular flexibility index (Phi) is 6.74. The quantitative estimate of drug-likeness (QED) is 0.234. The van der Waals surface area contributed by atoms with Gasteiger partial charge in [-0.1, -0.05) is 20.8 Å². The van der Waals surface area contributed by atoms with Gasteiger partial charge in [-0.25, -0.2) is 23.1 Å². The van der Waals surface area contributed by atoms with Crippen LogP contribution in [0.3, 0.4) is 0 Å². The van der Waals surface area contributed by atoms with Crippen molar-refractivity contribution in [1.29, 1.82) is 0 Å². The van der Waals surface area contributed by atoms with Gasteiger partial charge in [0.05, 0.1) is 34.0 Å². The van der Waals surface area contributed by atoms with Crippen LogP contribution in [-0.4, -0.2) is 41.9 Å². The summed E-state index contributed by atoms with van der Waals surface area (Å²) in [4.78, 5) is 30.5. The molecule has 2 atom stereocenters. The molecule has 4 aromatic heterocycles. The lowest BCUT2D eigenvalue weighted by molar-refractivity contribution is 0.388. The second kappa shape index (κ2) is 10.5. The molecule has 0 radical (unpaired) electrons. The van der Waals surface area contributed by atoms with Crippen molar-refractivity contribution in [2.45, 2.75) is 78.3 Å². The lowest BCUT2D eigenvalue weighted by Gasteiger charge is -2.38. The first-order chi connectivity index (χ1) is 20.7. The predicted octanol–water partition coefficient (Wildman–Crippen LogP) is 6.56. The fourth-order valence-corrected chi connectivity index (χ4v) is 6.81. The lowest BCUT2D eigenvalue weighted by Crippen LogP contribution is -2.43. The van der Waals surface area contributed by atoms with Gasteiger partial charge in [0.15, 0.2) is 11.5 Å². The zero-order valence-corrected chi connectivity index (χ0v) is 24.9. The van der Waals surface area contributed by atoms with Crippen molar-refractivity contribution in [2.24, 2.45) is 5.92 Å². The van der Waals surface area contributed by atoms with Crippen molar-refractivity contribution in [3.05, 3.63) is 70.0 Å². The Morgan fingerprint density at radius 1 is 1.02 bits per heavy atom. The third-order valence-corrected chi connectivity index (χ3v) is 9.05. The molecule has 1 saturated heterocycles. The summed E-state index contributed by atoms with van der Waals surface area (Å²) in [6, 6.07) is 6.41. The van der Waals surface area contributed by atoms with E-state index in [1.807, 2.05) is 19.9 Å². The Bertz CT molecular complexity index is 1950. The maximum atomic E-state index is 16.4. The molecule has 1 fully saturated rings. The highest BCUT2D eigenvalue weighted by molar-refractivity contribution is 5.96. The van der Waals surface area contributed by atoms with Gasteiger partial charge in [-0.3, -0.25) is 9.67 Å². The van der Waals surface area contributed by atoms with Crippen LogP contribution in [0.15, 0.2) is 41.5 Å². The fraction of sp³-hybridized carbons (Fsp3) is 0.424. The van der Waals surface area contributed by atoms with Crippen LogP contribution in [0.1, 0.15) is 70.6 Å². The molecule has 0 N–H and O–H groups in total. The molecule has 2 bridgehead atoms. The SMILES string of the molecule is CC(C)c1nccc2c1-n1c(=O)nc(N3C[C@@H](C)CC[C@@H]3C)c3cc(F)c(nc31)-c1c(F)ccc3cnn(c13)CCCC2. The molecule has 1 aromatic carbocycles. The third kappa shape index (κ3) is 4.49. The van der Waals surface area contributed by atoms with Crippen LogP contribution in [0, 0.1) is 17.6 Å². The molecule has 5 aromatic rings. The first kappa shape index (κ1) is 27.6. The maximum Gasteiger partial charge on any atom is 0.355 e. The summed E-state index contributed by atoms with van der Waals surface area (Å²) in [6.07, 6.45) is 7.69. The molecule has 222 valence electrons. The van der Waals surface area contributed by atoms with E-state index in [0.717, 1.165) is 36.9 Å². The van der Waals surface area contributed by atoms with Crippen molar-refractivity contribution in [1.82, 2.24) is 29.3 Å². The second-order valence-corrected chi connectivity index (χ2v) is 12.5. The minimum Gasteiger partial charge on any atom is -0.353 e. The Morgan fingerprint density at radius 2 is 1.86 bits per heavy atom. The number of fused-ring (bicyclic) bond motifs is 4. The van der Waals surface area contributed by atoms with Gasteiger partial charge >= 0.3 is 5.69 Å². The molecule has 0 amide bonds. The fourth-order valence-electron chi connectivity index (χ4n) is 6.81. The van der Waals surface area contributed by atoms with Crippen LogP contribution in [-0.2, 0) is 13.0 Å². The minimum absolute atomic E-state index is 0.00806. The molecule has 2 aliphatic rings. The van der Waals surface area contributed by atoms with Crippen molar-refractivity contribution >= 4 is 27.8 Å². The first-order valence-electron chi connectivity index (χ1n) is 15.3. The van der Waals surface area contributed by atoms with Gasteiger partial charge in [-0.15, -0.1) is 0 Å². The molecule has 0 aliphatic carbocycles. The largest absolute Gasteiger partial charge is 0.355 e. The normalized spacial score (nSPS) is 19.0. The smallest absolute Gasteiger partial charge is 0.353 e. The second-order valence-electron chi connectivity index (χ2n) is 12.5. The summed E-state index contributed by atoms with van der Waals surface area (Å²) in [7, 11) is 0. The summed E-state index contributed by atoms with van der Waals surface area (Å²) < 4.78 is 35.4. The van der Waals surface area contributed by atoms with Crippen LogP contribution in [0.5, 0.6) is 0 Å². The molecular formula is C33H35F2N7O. The molecule has 7 rings (SSSR count). The molecule has 10 heteroatoms. The number of halogens is 2. The van der Waals surface area contributed by atoms with E-state index in [1.54, 1.807) is 23.1 Å². The van der Waals surface area contributed by atoms with Gasteiger partial charge < -0.3 is 4.90 Å². The van der Waals surface area contributed by atoms with E-state index in [-0.39, 0.29) is 28.9 Å². The molecule has 8 nitrogen and oxygen atoms in total. The van der Waals surface area contributed by atoms with Crippen molar-refractivity contribution in [3.8, 4) is 16.9 Å². The van der Waals surface area contributed by atoms with E-state index in [4.69, 9.17) is 9.97 Å². The van der Waals surface area contributed by atoms with E-state index >= 15 is 8.78 Å². The monoisotopic (exact) mass is 583 g/mol. The summed E-state index contributed by atoms with van der Waals surface area (Å²) in [5.41, 5.74) is 2.43. The molecular weight excluding hydrogens is 548 g/mol. The molecule has 43 heavy (non-hydrogen) atoms.